The van der Waals surface area contributed by atoms with Crippen LogP contribution >= 0.6 is 24.0 Å². The van der Waals surface area contributed by atoms with Crippen molar-refractivity contribution < 1.29 is 14.0 Å². The van der Waals surface area contributed by atoms with Crippen LogP contribution in [0.5, 0.6) is 0 Å². The fraction of sp³-hybridized carbons (Fsp3) is 0. The second kappa shape index (κ2) is 7.53. The zero-order chi connectivity index (χ0) is 19.7. The van der Waals surface area contributed by atoms with Crippen LogP contribution in [0.4, 0.5) is 4.39 Å². The third-order valence-corrected chi connectivity index (χ3v) is 5.54. The molecule has 0 spiro atoms. The topological polar surface area (TPSA) is 49.4 Å². The Morgan fingerprint density at radius 3 is 2.57 bits per heavy atom. The van der Waals surface area contributed by atoms with Crippen LogP contribution in [-0.2, 0) is 4.79 Å². The molecule has 1 heterocycles. The third kappa shape index (κ3) is 3.42. The van der Waals surface area contributed by atoms with Gasteiger partial charge in [0.15, 0.2) is 4.32 Å². The zero-order valence-corrected chi connectivity index (χ0v) is 16.0. The van der Waals surface area contributed by atoms with Crippen LogP contribution < -0.4 is 5.43 Å². The predicted octanol–water partition coefficient (Wildman–Crippen LogP) is 4.53. The Bertz CT molecular complexity index is 1150. The molecule has 138 valence electrons. The summed E-state index contributed by atoms with van der Waals surface area (Å²) < 4.78 is 14.0. The Morgan fingerprint density at radius 2 is 1.75 bits per heavy atom. The van der Waals surface area contributed by atoms with Gasteiger partial charge in [0, 0.05) is 0 Å². The minimum absolute atomic E-state index is 0.158. The van der Waals surface area contributed by atoms with Crippen molar-refractivity contribution in [3.8, 4) is 0 Å². The van der Waals surface area contributed by atoms with E-state index < -0.39 is 17.6 Å². The quantitative estimate of drug-likeness (QED) is 0.511. The summed E-state index contributed by atoms with van der Waals surface area (Å²) in [5.41, 5.74) is 3.11. The van der Waals surface area contributed by atoms with E-state index in [1.807, 2.05) is 42.5 Å². The van der Waals surface area contributed by atoms with Crippen LogP contribution in [0.15, 0.2) is 71.6 Å². The first kappa shape index (κ1) is 18.3. The maximum absolute atomic E-state index is 13.8. The number of thiocarbonyl (C=S) groups is 1. The molecule has 0 atom stereocenters. The van der Waals surface area contributed by atoms with Crippen LogP contribution in [0, 0.1) is 5.82 Å². The molecule has 0 unspecified atom stereocenters. The number of rotatable bonds is 3. The lowest BCUT2D eigenvalue weighted by molar-refractivity contribution is -0.123. The number of hydrogen-bond donors (Lipinski definition) is 1. The number of benzene rings is 3. The van der Waals surface area contributed by atoms with E-state index >= 15 is 0 Å². The lowest BCUT2D eigenvalue weighted by Gasteiger charge is -2.15. The van der Waals surface area contributed by atoms with Crippen molar-refractivity contribution in [1.29, 1.82) is 0 Å². The molecule has 1 aliphatic rings. The Labute approximate surface area is 170 Å². The Hall–Kier alpha value is -3.03. The molecule has 28 heavy (non-hydrogen) atoms. The fourth-order valence-electron chi connectivity index (χ4n) is 2.89. The largest absolute Gasteiger partial charge is 0.285 e. The molecule has 1 N–H and O–H groups in total. The van der Waals surface area contributed by atoms with Gasteiger partial charge in [-0.1, -0.05) is 66.4 Å². The van der Waals surface area contributed by atoms with Crippen LogP contribution in [0.1, 0.15) is 15.9 Å². The second-order valence-corrected chi connectivity index (χ2v) is 7.68. The maximum atomic E-state index is 13.8. The van der Waals surface area contributed by atoms with Gasteiger partial charge in [-0.25, -0.2) is 4.39 Å². The minimum atomic E-state index is -0.735. The van der Waals surface area contributed by atoms with Crippen molar-refractivity contribution in [2.45, 2.75) is 0 Å². The summed E-state index contributed by atoms with van der Waals surface area (Å²) in [4.78, 5) is 25.5. The van der Waals surface area contributed by atoms with E-state index in [1.165, 1.54) is 18.2 Å². The molecule has 4 rings (SSSR count). The van der Waals surface area contributed by atoms with E-state index in [2.05, 4.69) is 5.43 Å². The van der Waals surface area contributed by atoms with Gasteiger partial charge in [0.25, 0.3) is 11.8 Å². The Morgan fingerprint density at radius 1 is 1.04 bits per heavy atom. The van der Waals surface area contributed by atoms with Crippen molar-refractivity contribution in [2.24, 2.45) is 0 Å². The molecule has 0 saturated carbocycles. The van der Waals surface area contributed by atoms with E-state index in [9.17, 15) is 14.0 Å². The molecule has 2 amide bonds. The molecule has 0 radical (unpaired) electrons. The van der Waals surface area contributed by atoms with Crippen LogP contribution in [0.2, 0.25) is 0 Å². The van der Waals surface area contributed by atoms with Crippen molar-refractivity contribution >= 4 is 57.0 Å². The average Bonchev–Trinajstić information content (AvgIpc) is 2.96. The fourth-order valence-corrected chi connectivity index (χ4v) is 4.06. The van der Waals surface area contributed by atoms with Gasteiger partial charge >= 0.3 is 0 Å². The number of carbonyl (C=O) groups excluding carboxylic acids is 2. The van der Waals surface area contributed by atoms with Gasteiger partial charge in [0.1, 0.15) is 5.82 Å². The first-order valence-electron chi connectivity index (χ1n) is 8.36. The standard InChI is InChI=1S/C21H13FN2O2S2/c22-17-11-4-3-10-16(17)19(25)23-24-20(26)18(28-21(24)27)12-14-8-5-7-13-6-1-2-9-15(13)14/h1-12H,(H,23,25). The smallest absolute Gasteiger partial charge is 0.267 e. The highest BCUT2D eigenvalue weighted by Gasteiger charge is 2.34. The molecular formula is C21H13FN2O2S2. The molecule has 0 aliphatic carbocycles. The third-order valence-electron chi connectivity index (χ3n) is 4.24. The molecule has 1 saturated heterocycles. The molecule has 1 fully saturated rings. The second-order valence-electron chi connectivity index (χ2n) is 6.01. The van der Waals surface area contributed by atoms with E-state index in [0.29, 0.717) is 4.91 Å². The van der Waals surface area contributed by atoms with E-state index in [0.717, 1.165) is 33.1 Å². The number of amides is 2. The van der Waals surface area contributed by atoms with Gasteiger partial charge in [0.2, 0.25) is 0 Å². The minimum Gasteiger partial charge on any atom is -0.267 e. The Kier molecular flexibility index (Phi) is 4.93. The van der Waals surface area contributed by atoms with Gasteiger partial charge in [-0.3, -0.25) is 15.0 Å². The number of hydrazine groups is 1. The van der Waals surface area contributed by atoms with Crippen LogP contribution in [0.25, 0.3) is 16.8 Å². The summed E-state index contributed by atoms with van der Waals surface area (Å²) in [5.74, 6) is -1.86. The normalized spacial score (nSPS) is 15.5. The van der Waals surface area contributed by atoms with Crippen LogP contribution in [-0.4, -0.2) is 21.1 Å². The monoisotopic (exact) mass is 408 g/mol. The summed E-state index contributed by atoms with van der Waals surface area (Å²) in [7, 11) is 0. The van der Waals surface area contributed by atoms with Gasteiger partial charge < -0.3 is 0 Å². The predicted molar refractivity (Wildman–Crippen MR) is 113 cm³/mol. The number of hydrogen-bond acceptors (Lipinski definition) is 4. The van der Waals surface area contributed by atoms with Crippen molar-refractivity contribution in [1.82, 2.24) is 10.4 Å². The van der Waals surface area contributed by atoms with Crippen molar-refractivity contribution in [3.05, 3.63) is 88.6 Å². The summed E-state index contributed by atoms with van der Waals surface area (Å²) in [5, 5.41) is 3.04. The van der Waals surface area contributed by atoms with E-state index in [-0.39, 0.29) is 9.88 Å². The molecule has 0 bridgehead atoms. The highest BCUT2D eigenvalue weighted by atomic mass is 32.2. The molecule has 1 aliphatic heterocycles. The summed E-state index contributed by atoms with van der Waals surface area (Å²) in [6, 6.07) is 19.2. The molecule has 3 aromatic rings. The average molecular weight is 408 g/mol. The van der Waals surface area contributed by atoms with Crippen LogP contribution in [0.3, 0.4) is 0 Å². The number of nitrogens with one attached hydrogen (secondary N) is 1. The van der Waals surface area contributed by atoms with Crippen molar-refractivity contribution in [3.63, 3.8) is 0 Å². The number of halogens is 1. The first-order valence-corrected chi connectivity index (χ1v) is 9.58. The number of carbonyl (C=O) groups is 2. The molecule has 7 heteroatoms. The molecule has 3 aromatic carbocycles. The summed E-state index contributed by atoms with van der Waals surface area (Å²) in [6.07, 6.45) is 1.75. The highest BCUT2D eigenvalue weighted by molar-refractivity contribution is 8.26. The van der Waals surface area contributed by atoms with Crippen molar-refractivity contribution in [2.75, 3.05) is 0 Å². The highest BCUT2D eigenvalue weighted by Crippen LogP contribution is 2.33. The lowest BCUT2D eigenvalue weighted by Crippen LogP contribution is -2.45. The molecule has 4 nitrogen and oxygen atoms in total. The molecule has 0 aromatic heterocycles. The summed E-state index contributed by atoms with van der Waals surface area (Å²) >= 11 is 6.31. The van der Waals surface area contributed by atoms with Gasteiger partial charge in [0.05, 0.1) is 10.5 Å². The number of fused-ring (bicyclic) bond motifs is 1. The van der Waals surface area contributed by atoms with E-state index in [4.69, 9.17) is 12.2 Å². The SMILES string of the molecule is O=C(NN1C(=O)C(=Cc2cccc3ccccc23)SC1=S)c1ccccc1F. The Balaban J connectivity index is 1.61. The van der Waals surface area contributed by atoms with E-state index in [1.54, 1.807) is 12.1 Å². The maximum Gasteiger partial charge on any atom is 0.285 e. The van der Waals surface area contributed by atoms with Gasteiger partial charge in [-0.05, 0) is 46.8 Å². The lowest BCUT2D eigenvalue weighted by atomic mass is 10.0. The van der Waals surface area contributed by atoms with Gasteiger partial charge in [-0.2, -0.15) is 5.01 Å². The number of thioether (sulfide) groups is 1. The number of nitrogens with zero attached hydrogens (tertiary/aromatic N) is 1. The molecular weight excluding hydrogens is 395 g/mol. The summed E-state index contributed by atoms with van der Waals surface area (Å²) in [6.45, 7) is 0. The van der Waals surface area contributed by atoms with Gasteiger partial charge in [-0.15, -0.1) is 0 Å². The zero-order valence-electron chi connectivity index (χ0n) is 14.4. The first-order chi connectivity index (χ1) is 13.5.